The Morgan fingerprint density at radius 1 is 1.50 bits per heavy atom. The second-order valence-electron chi connectivity index (χ2n) is 3.65. The van der Waals surface area contributed by atoms with E-state index in [9.17, 15) is 4.79 Å². The fourth-order valence-corrected chi connectivity index (χ4v) is 1.42. The molecule has 0 aromatic heterocycles. The third kappa shape index (κ3) is 2.80. The third-order valence-corrected chi connectivity index (χ3v) is 2.28. The van der Waals surface area contributed by atoms with Crippen LogP contribution in [0.5, 0.6) is 11.5 Å². The van der Waals surface area contributed by atoms with Crippen molar-refractivity contribution in [2.75, 3.05) is 6.79 Å². The van der Waals surface area contributed by atoms with E-state index in [4.69, 9.17) is 19.5 Å². The van der Waals surface area contributed by atoms with Crippen molar-refractivity contribution < 1.29 is 19.0 Å². The minimum absolute atomic E-state index is 0.213. The first-order valence-electron chi connectivity index (χ1n) is 5.37. The number of nitrogens with zero attached hydrogens (tertiary/aromatic N) is 1. The van der Waals surface area contributed by atoms with E-state index in [2.05, 4.69) is 0 Å². The SMILES string of the molecule is C[C@@H](C#N)OC(=O)/C=C/c1ccc2c(c1)OCO2. The van der Waals surface area contributed by atoms with Crippen molar-refractivity contribution in [3.8, 4) is 17.6 Å². The van der Waals surface area contributed by atoms with Crippen molar-refractivity contribution in [1.82, 2.24) is 0 Å². The van der Waals surface area contributed by atoms with Crippen molar-refractivity contribution in [1.29, 1.82) is 5.26 Å². The summed E-state index contributed by atoms with van der Waals surface area (Å²) in [5, 5.41) is 8.49. The summed E-state index contributed by atoms with van der Waals surface area (Å²) in [7, 11) is 0. The van der Waals surface area contributed by atoms with Gasteiger partial charge in [0.25, 0.3) is 0 Å². The van der Waals surface area contributed by atoms with Gasteiger partial charge in [0.2, 0.25) is 6.79 Å². The van der Waals surface area contributed by atoms with Gasteiger partial charge in [0.05, 0.1) is 0 Å². The van der Waals surface area contributed by atoms with Gasteiger partial charge in [0.15, 0.2) is 17.6 Å². The Morgan fingerprint density at radius 2 is 2.28 bits per heavy atom. The highest BCUT2D eigenvalue weighted by atomic mass is 16.7. The Balaban J connectivity index is 2.01. The molecular formula is C13H11NO4. The van der Waals surface area contributed by atoms with E-state index in [1.807, 2.05) is 6.07 Å². The molecule has 1 atom stereocenters. The van der Waals surface area contributed by atoms with Crippen LogP contribution in [0.1, 0.15) is 12.5 Å². The molecule has 5 heteroatoms. The lowest BCUT2D eigenvalue weighted by Crippen LogP contribution is -2.10. The second kappa shape index (κ2) is 5.23. The smallest absolute Gasteiger partial charge is 0.332 e. The first-order valence-corrected chi connectivity index (χ1v) is 5.37. The molecule has 1 heterocycles. The number of benzene rings is 1. The van der Waals surface area contributed by atoms with E-state index in [0.29, 0.717) is 11.5 Å². The Morgan fingerprint density at radius 3 is 3.06 bits per heavy atom. The molecule has 0 spiro atoms. The number of hydrogen-bond acceptors (Lipinski definition) is 5. The molecule has 0 radical (unpaired) electrons. The molecule has 1 aromatic rings. The van der Waals surface area contributed by atoms with E-state index in [-0.39, 0.29) is 6.79 Å². The first-order chi connectivity index (χ1) is 8.69. The van der Waals surface area contributed by atoms with Gasteiger partial charge in [-0.05, 0) is 30.7 Å². The topological polar surface area (TPSA) is 68.5 Å². The molecule has 0 saturated heterocycles. The minimum Gasteiger partial charge on any atom is -0.454 e. The van der Waals surface area contributed by atoms with Gasteiger partial charge in [-0.2, -0.15) is 5.26 Å². The van der Waals surface area contributed by atoms with Crippen LogP contribution < -0.4 is 9.47 Å². The van der Waals surface area contributed by atoms with Gasteiger partial charge in [-0.25, -0.2) is 4.79 Å². The summed E-state index contributed by atoms with van der Waals surface area (Å²) in [6.45, 7) is 1.72. The molecule has 92 valence electrons. The van der Waals surface area contributed by atoms with Crippen LogP contribution in [0.4, 0.5) is 0 Å². The fraction of sp³-hybridized carbons (Fsp3) is 0.231. The zero-order valence-corrected chi connectivity index (χ0v) is 9.75. The van der Waals surface area contributed by atoms with E-state index < -0.39 is 12.1 Å². The number of fused-ring (bicyclic) bond motifs is 1. The molecule has 2 rings (SSSR count). The number of rotatable bonds is 3. The summed E-state index contributed by atoms with van der Waals surface area (Å²) >= 11 is 0. The number of carbonyl (C=O) groups is 1. The van der Waals surface area contributed by atoms with Gasteiger partial charge in [0.1, 0.15) is 6.07 Å². The monoisotopic (exact) mass is 245 g/mol. The lowest BCUT2D eigenvalue weighted by Gasteiger charge is -2.01. The number of esters is 1. The maximum absolute atomic E-state index is 11.3. The van der Waals surface area contributed by atoms with Crippen LogP contribution in [0.2, 0.25) is 0 Å². The summed E-state index contributed by atoms with van der Waals surface area (Å²) in [5.41, 5.74) is 0.792. The van der Waals surface area contributed by atoms with Crippen LogP contribution in [0, 0.1) is 11.3 Å². The molecule has 1 aliphatic rings. The summed E-state index contributed by atoms with van der Waals surface area (Å²) < 4.78 is 15.2. The predicted molar refractivity (Wildman–Crippen MR) is 62.8 cm³/mol. The van der Waals surface area contributed by atoms with Crippen LogP contribution in [-0.2, 0) is 9.53 Å². The Kier molecular flexibility index (Phi) is 3.49. The standard InChI is InChI=1S/C13H11NO4/c1-9(7-14)18-13(15)5-3-10-2-4-11-12(6-10)17-8-16-11/h2-6,9H,8H2,1H3/b5-3+/t9-/m0/s1. The van der Waals surface area contributed by atoms with Gasteiger partial charge in [-0.15, -0.1) is 0 Å². The largest absolute Gasteiger partial charge is 0.454 e. The number of carbonyl (C=O) groups excluding carboxylic acids is 1. The lowest BCUT2D eigenvalue weighted by atomic mass is 10.2. The Labute approximate surface area is 104 Å². The van der Waals surface area contributed by atoms with Crippen LogP contribution in [0.3, 0.4) is 0 Å². The van der Waals surface area contributed by atoms with Gasteiger partial charge in [0, 0.05) is 6.08 Å². The zero-order valence-electron chi connectivity index (χ0n) is 9.75. The van der Waals surface area contributed by atoms with Crippen LogP contribution >= 0.6 is 0 Å². The molecule has 0 bridgehead atoms. The number of nitriles is 1. The summed E-state index contributed by atoms with van der Waals surface area (Å²) in [6, 6.07) is 7.14. The average molecular weight is 245 g/mol. The summed E-state index contributed by atoms with van der Waals surface area (Å²) in [4.78, 5) is 11.3. The minimum atomic E-state index is -0.751. The predicted octanol–water partition coefficient (Wildman–Crippen LogP) is 1.88. The van der Waals surface area contributed by atoms with Gasteiger partial charge in [-0.3, -0.25) is 0 Å². The molecule has 0 N–H and O–H groups in total. The van der Waals surface area contributed by atoms with E-state index in [1.54, 1.807) is 24.3 Å². The summed E-state index contributed by atoms with van der Waals surface area (Å²) in [6.07, 6.45) is 2.11. The van der Waals surface area contributed by atoms with Crippen LogP contribution in [0.25, 0.3) is 6.08 Å². The normalized spacial score (nSPS) is 14.2. The highest BCUT2D eigenvalue weighted by molar-refractivity contribution is 5.87. The lowest BCUT2D eigenvalue weighted by molar-refractivity contribution is -0.139. The van der Waals surface area contributed by atoms with Crippen molar-refractivity contribution in [2.45, 2.75) is 13.0 Å². The maximum atomic E-state index is 11.3. The fourth-order valence-electron chi connectivity index (χ4n) is 1.42. The average Bonchev–Trinajstić information content (AvgIpc) is 2.83. The second-order valence-corrected chi connectivity index (χ2v) is 3.65. The molecule has 0 unspecified atom stereocenters. The zero-order chi connectivity index (χ0) is 13.0. The number of ether oxygens (including phenoxy) is 3. The van der Waals surface area contributed by atoms with Crippen molar-refractivity contribution in [2.24, 2.45) is 0 Å². The molecule has 0 aliphatic carbocycles. The van der Waals surface area contributed by atoms with E-state index >= 15 is 0 Å². The first kappa shape index (κ1) is 12.0. The maximum Gasteiger partial charge on any atom is 0.332 e. The molecule has 18 heavy (non-hydrogen) atoms. The Hall–Kier alpha value is -2.48. The van der Waals surface area contributed by atoms with Gasteiger partial charge < -0.3 is 14.2 Å². The van der Waals surface area contributed by atoms with Crippen LogP contribution in [0.15, 0.2) is 24.3 Å². The summed E-state index contributed by atoms with van der Waals surface area (Å²) in [5.74, 6) is 0.783. The van der Waals surface area contributed by atoms with E-state index in [1.165, 1.54) is 13.0 Å². The molecule has 1 aliphatic heterocycles. The van der Waals surface area contributed by atoms with Gasteiger partial charge >= 0.3 is 5.97 Å². The Bertz CT molecular complexity index is 530. The van der Waals surface area contributed by atoms with Crippen molar-refractivity contribution in [3.63, 3.8) is 0 Å². The quantitative estimate of drug-likeness (QED) is 0.600. The number of hydrogen-bond donors (Lipinski definition) is 0. The highest BCUT2D eigenvalue weighted by Crippen LogP contribution is 2.32. The van der Waals surface area contributed by atoms with Crippen molar-refractivity contribution >= 4 is 12.0 Å². The molecule has 0 amide bonds. The molecule has 0 fully saturated rings. The van der Waals surface area contributed by atoms with Crippen LogP contribution in [-0.4, -0.2) is 18.9 Å². The van der Waals surface area contributed by atoms with Gasteiger partial charge in [-0.1, -0.05) is 6.07 Å². The molecule has 5 nitrogen and oxygen atoms in total. The molecular weight excluding hydrogens is 234 g/mol. The third-order valence-electron chi connectivity index (χ3n) is 2.28. The molecule has 1 aromatic carbocycles. The van der Waals surface area contributed by atoms with E-state index in [0.717, 1.165) is 5.56 Å². The van der Waals surface area contributed by atoms with Crippen molar-refractivity contribution in [3.05, 3.63) is 29.8 Å². The molecule has 0 saturated carbocycles. The highest BCUT2D eigenvalue weighted by Gasteiger charge is 2.12.